The maximum absolute atomic E-state index is 11.9. The van der Waals surface area contributed by atoms with Gasteiger partial charge in [0.1, 0.15) is 6.54 Å². The number of guanidine groups is 1. The molecular formula is C17H22N4OS. The van der Waals surface area contributed by atoms with Crippen molar-refractivity contribution in [3.8, 4) is 0 Å². The molecule has 0 radical (unpaired) electrons. The number of carbonyl (C=O) groups is 1. The summed E-state index contributed by atoms with van der Waals surface area (Å²) >= 11 is 1.69. The molecule has 2 rings (SSSR count). The van der Waals surface area contributed by atoms with E-state index in [-0.39, 0.29) is 12.5 Å². The minimum atomic E-state index is -0.0952. The fraction of sp³-hybridized carbons (Fsp3) is 0.294. The fourth-order valence-electron chi connectivity index (χ4n) is 1.93. The van der Waals surface area contributed by atoms with E-state index in [1.807, 2.05) is 48.7 Å². The van der Waals surface area contributed by atoms with Crippen LogP contribution in [0.15, 0.2) is 52.8 Å². The second-order valence-corrected chi connectivity index (χ2v) is 5.92. The third-order valence-electron chi connectivity index (χ3n) is 3.07. The van der Waals surface area contributed by atoms with Crippen LogP contribution in [0.4, 0.5) is 0 Å². The van der Waals surface area contributed by atoms with E-state index in [0.717, 1.165) is 12.1 Å². The van der Waals surface area contributed by atoms with Gasteiger partial charge in [-0.25, -0.2) is 4.99 Å². The van der Waals surface area contributed by atoms with Crippen LogP contribution in [-0.4, -0.2) is 25.0 Å². The third kappa shape index (κ3) is 6.52. The molecule has 0 aliphatic heterocycles. The average Bonchev–Trinajstić information content (AvgIpc) is 3.10. The minimum absolute atomic E-state index is 0.0952. The maximum Gasteiger partial charge on any atom is 0.242 e. The van der Waals surface area contributed by atoms with E-state index in [2.05, 4.69) is 27.0 Å². The standard InChI is InChI=1S/C17H22N4OS/c1-2-18-17(20-12-15-9-6-10-23-15)21-13-16(22)19-11-14-7-4-3-5-8-14/h3-10H,2,11-13H2,1H3,(H,19,22)(H2,18,20,21). The molecule has 0 atom stereocenters. The lowest BCUT2D eigenvalue weighted by molar-refractivity contribution is -0.119. The lowest BCUT2D eigenvalue weighted by atomic mass is 10.2. The number of nitrogens with one attached hydrogen (secondary N) is 3. The molecule has 1 heterocycles. The zero-order valence-electron chi connectivity index (χ0n) is 13.2. The molecule has 1 amide bonds. The van der Waals surface area contributed by atoms with Crippen molar-refractivity contribution in [2.75, 3.05) is 13.1 Å². The first kappa shape index (κ1) is 17.0. The van der Waals surface area contributed by atoms with E-state index in [4.69, 9.17) is 0 Å². The molecule has 1 aromatic heterocycles. The molecule has 2 aromatic rings. The van der Waals surface area contributed by atoms with Crippen molar-refractivity contribution in [2.24, 2.45) is 4.99 Å². The van der Waals surface area contributed by atoms with Crippen molar-refractivity contribution in [3.63, 3.8) is 0 Å². The summed E-state index contributed by atoms with van der Waals surface area (Å²) in [6.07, 6.45) is 0. The van der Waals surface area contributed by atoms with Crippen molar-refractivity contribution in [3.05, 3.63) is 58.3 Å². The van der Waals surface area contributed by atoms with Crippen LogP contribution >= 0.6 is 11.3 Å². The molecule has 6 heteroatoms. The molecule has 5 nitrogen and oxygen atoms in total. The number of nitrogens with zero attached hydrogens (tertiary/aromatic N) is 1. The van der Waals surface area contributed by atoms with Crippen LogP contribution in [0.5, 0.6) is 0 Å². The second-order valence-electron chi connectivity index (χ2n) is 4.89. The molecule has 0 aliphatic carbocycles. The molecule has 1 aromatic carbocycles. The van der Waals surface area contributed by atoms with E-state index < -0.39 is 0 Å². The SMILES string of the molecule is CCNC(=NCC(=O)NCc1ccccc1)NCc1cccs1. The molecule has 0 aliphatic rings. The molecule has 0 saturated carbocycles. The van der Waals surface area contributed by atoms with Crippen LogP contribution in [0.25, 0.3) is 0 Å². The second kappa shape index (κ2) is 9.63. The van der Waals surface area contributed by atoms with Crippen LogP contribution in [-0.2, 0) is 17.9 Å². The van der Waals surface area contributed by atoms with Gasteiger partial charge in [-0.1, -0.05) is 36.4 Å². The molecule has 23 heavy (non-hydrogen) atoms. The highest BCUT2D eigenvalue weighted by atomic mass is 32.1. The topological polar surface area (TPSA) is 65.5 Å². The van der Waals surface area contributed by atoms with Crippen LogP contribution in [0.1, 0.15) is 17.4 Å². The largest absolute Gasteiger partial charge is 0.357 e. The Morgan fingerprint density at radius 2 is 1.87 bits per heavy atom. The van der Waals surface area contributed by atoms with E-state index >= 15 is 0 Å². The van der Waals surface area contributed by atoms with Gasteiger partial charge in [0.2, 0.25) is 5.91 Å². The van der Waals surface area contributed by atoms with Gasteiger partial charge in [0.05, 0.1) is 6.54 Å². The summed E-state index contributed by atoms with van der Waals surface area (Å²) in [6.45, 7) is 4.08. The van der Waals surface area contributed by atoms with Crippen molar-refractivity contribution in [1.29, 1.82) is 0 Å². The number of benzene rings is 1. The van der Waals surface area contributed by atoms with E-state index in [1.165, 1.54) is 4.88 Å². The number of hydrogen-bond donors (Lipinski definition) is 3. The molecule has 0 bridgehead atoms. The molecule has 3 N–H and O–H groups in total. The number of carbonyl (C=O) groups excluding carboxylic acids is 1. The molecule has 0 unspecified atom stereocenters. The third-order valence-corrected chi connectivity index (χ3v) is 3.94. The number of rotatable bonds is 7. The lowest BCUT2D eigenvalue weighted by Gasteiger charge is -2.10. The molecular weight excluding hydrogens is 308 g/mol. The normalized spacial score (nSPS) is 11.1. The fourth-order valence-corrected chi connectivity index (χ4v) is 2.57. The Labute approximate surface area is 140 Å². The van der Waals surface area contributed by atoms with Crippen molar-refractivity contribution in [2.45, 2.75) is 20.0 Å². The number of amides is 1. The summed E-state index contributed by atoms with van der Waals surface area (Å²) in [5, 5.41) is 11.3. The van der Waals surface area contributed by atoms with Gasteiger partial charge in [-0.15, -0.1) is 11.3 Å². The van der Waals surface area contributed by atoms with Gasteiger partial charge in [0, 0.05) is 18.0 Å². The smallest absolute Gasteiger partial charge is 0.242 e. The molecule has 0 spiro atoms. The summed E-state index contributed by atoms with van der Waals surface area (Å²) in [4.78, 5) is 17.4. The van der Waals surface area contributed by atoms with E-state index in [1.54, 1.807) is 11.3 Å². The summed E-state index contributed by atoms with van der Waals surface area (Å²) in [6, 6.07) is 13.9. The number of aliphatic imine (C=N–C) groups is 1. The predicted molar refractivity (Wildman–Crippen MR) is 95.4 cm³/mol. The lowest BCUT2D eigenvalue weighted by Crippen LogP contribution is -2.38. The van der Waals surface area contributed by atoms with Crippen molar-refractivity contribution >= 4 is 23.2 Å². The summed E-state index contributed by atoms with van der Waals surface area (Å²) in [5.41, 5.74) is 1.08. The Bertz CT molecular complexity index is 611. The highest BCUT2D eigenvalue weighted by Gasteiger charge is 2.03. The minimum Gasteiger partial charge on any atom is -0.357 e. The Morgan fingerprint density at radius 1 is 1.04 bits per heavy atom. The van der Waals surface area contributed by atoms with Gasteiger partial charge in [-0.2, -0.15) is 0 Å². The van der Waals surface area contributed by atoms with E-state index in [0.29, 0.717) is 19.0 Å². The van der Waals surface area contributed by atoms with Gasteiger partial charge < -0.3 is 16.0 Å². The van der Waals surface area contributed by atoms with Crippen LogP contribution < -0.4 is 16.0 Å². The van der Waals surface area contributed by atoms with Gasteiger partial charge >= 0.3 is 0 Å². The van der Waals surface area contributed by atoms with Gasteiger partial charge in [-0.05, 0) is 23.9 Å². The molecule has 0 saturated heterocycles. The quantitative estimate of drug-likeness (QED) is 0.538. The molecule has 122 valence electrons. The first-order chi connectivity index (χ1) is 11.3. The van der Waals surface area contributed by atoms with Crippen LogP contribution in [0.3, 0.4) is 0 Å². The van der Waals surface area contributed by atoms with Gasteiger partial charge in [0.25, 0.3) is 0 Å². The summed E-state index contributed by atoms with van der Waals surface area (Å²) in [5.74, 6) is 0.554. The number of hydrogen-bond acceptors (Lipinski definition) is 3. The Kier molecular flexibility index (Phi) is 7.13. The van der Waals surface area contributed by atoms with Crippen molar-refractivity contribution in [1.82, 2.24) is 16.0 Å². The maximum atomic E-state index is 11.9. The first-order valence-corrected chi connectivity index (χ1v) is 8.51. The zero-order chi connectivity index (χ0) is 16.3. The number of thiophene rings is 1. The van der Waals surface area contributed by atoms with Gasteiger partial charge in [-0.3, -0.25) is 4.79 Å². The summed E-state index contributed by atoms with van der Waals surface area (Å²) < 4.78 is 0. The van der Waals surface area contributed by atoms with Gasteiger partial charge in [0.15, 0.2) is 5.96 Å². The highest BCUT2D eigenvalue weighted by molar-refractivity contribution is 7.09. The van der Waals surface area contributed by atoms with Crippen LogP contribution in [0, 0.1) is 0 Å². The summed E-state index contributed by atoms with van der Waals surface area (Å²) in [7, 11) is 0. The average molecular weight is 330 g/mol. The molecule has 0 fully saturated rings. The monoisotopic (exact) mass is 330 g/mol. The predicted octanol–water partition coefficient (Wildman–Crippen LogP) is 2.12. The highest BCUT2D eigenvalue weighted by Crippen LogP contribution is 2.07. The van der Waals surface area contributed by atoms with Crippen molar-refractivity contribution < 1.29 is 4.79 Å². The zero-order valence-corrected chi connectivity index (χ0v) is 14.0. The van der Waals surface area contributed by atoms with Crippen LogP contribution in [0.2, 0.25) is 0 Å². The first-order valence-electron chi connectivity index (χ1n) is 7.63. The van der Waals surface area contributed by atoms with E-state index in [9.17, 15) is 4.79 Å². The Balaban J connectivity index is 1.78. The Hall–Kier alpha value is -2.34. The Morgan fingerprint density at radius 3 is 2.57 bits per heavy atom.